The van der Waals surface area contributed by atoms with E-state index in [1.54, 1.807) is 54.8 Å². The van der Waals surface area contributed by atoms with Crippen molar-refractivity contribution in [3.8, 4) is 17.3 Å². The Bertz CT molecular complexity index is 787. The molecular formula is C17H14ClN3O3. The van der Waals surface area contributed by atoms with E-state index in [1.807, 2.05) is 0 Å². The van der Waals surface area contributed by atoms with E-state index in [0.29, 0.717) is 34.5 Å². The third-order valence-electron chi connectivity index (χ3n) is 3.16. The molecule has 1 N–H and O–H groups in total. The first-order chi connectivity index (χ1) is 11.7. The van der Waals surface area contributed by atoms with Gasteiger partial charge < -0.3 is 14.5 Å². The number of carbonyl (C=O) groups excluding carboxylic acids is 1. The van der Waals surface area contributed by atoms with Gasteiger partial charge in [-0.3, -0.25) is 4.79 Å². The maximum Gasteiger partial charge on any atom is 0.251 e. The molecule has 0 saturated carbocycles. The molecule has 3 rings (SSSR count). The number of hydrogen-bond donors (Lipinski definition) is 1. The van der Waals surface area contributed by atoms with E-state index in [1.165, 1.54) is 0 Å². The maximum atomic E-state index is 11.9. The topological polar surface area (TPSA) is 77.2 Å². The zero-order valence-electron chi connectivity index (χ0n) is 12.6. The van der Waals surface area contributed by atoms with Crippen LogP contribution in [0, 0.1) is 0 Å². The van der Waals surface area contributed by atoms with E-state index in [4.69, 9.17) is 20.8 Å². The first-order valence-electron chi connectivity index (χ1n) is 7.26. The van der Waals surface area contributed by atoms with Crippen LogP contribution in [-0.4, -0.2) is 29.3 Å². The van der Waals surface area contributed by atoms with Crippen LogP contribution in [-0.2, 0) is 0 Å². The van der Waals surface area contributed by atoms with Gasteiger partial charge in [0.1, 0.15) is 12.3 Å². The number of halogens is 1. The first-order valence-corrected chi connectivity index (χ1v) is 7.64. The standard InChI is InChI=1S/C17H14ClN3O3/c18-13-5-3-12(4-6-13)17(22)19-9-11-24-16-8-7-14(20-21-16)15-2-1-10-23-15/h1-8,10H,9,11H2,(H,19,22). The summed E-state index contributed by atoms with van der Waals surface area (Å²) in [4.78, 5) is 11.9. The van der Waals surface area contributed by atoms with E-state index in [-0.39, 0.29) is 12.5 Å². The number of carbonyl (C=O) groups is 1. The van der Waals surface area contributed by atoms with E-state index < -0.39 is 0 Å². The van der Waals surface area contributed by atoms with Crippen LogP contribution in [0.2, 0.25) is 5.02 Å². The molecule has 0 radical (unpaired) electrons. The Kier molecular flexibility index (Phi) is 5.08. The van der Waals surface area contributed by atoms with Crippen molar-refractivity contribution in [2.45, 2.75) is 0 Å². The van der Waals surface area contributed by atoms with Gasteiger partial charge in [0.15, 0.2) is 5.76 Å². The van der Waals surface area contributed by atoms with Crippen molar-refractivity contribution in [1.82, 2.24) is 15.5 Å². The molecule has 0 spiro atoms. The van der Waals surface area contributed by atoms with E-state index in [9.17, 15) is 4.79 Å². The van der Waals surface area contributed by atoms with E-state index in [0.717, 1.165) is 0 Å². The van der Waals surface area contributed by atoms with Gasteiger partial charge in [0, 0.05) is 16.7 Å². The largest absolute Gasteiger partial charge is 0.475 e. The second-order valence-electron chi connectivity index (χ2n) is 4.85. The molecule has 122 valence electrons. The van der Waals surface area contributed by atoms with Crippen molar-refractivity contribution in [1.29, 1.82) is 0 Å². The highest BCUT2D eigenvalue weighted by Crippen LogP contribution is 2.17. The number of rotatable bonds is 6. The van der Waals surface area contributed by atoms with Crippen LogP contribution in [0.3, 0.4) is 0 Å². The number of furan rings is 1. The minimum absolute atomic E-state index is 0.186. The molecule has 1 amide bonds. The third kappa shape index (κ3) is 4.11. The molecule has 1 aromatic carbocycles. The number of amides is 1. The van der Waals surface area contributed by atoms with Gasteiger partial charge in [-0.25, -0.2) is 0 Å². The zero-order valence-corrected chi connectivity index (χ0v) is 13.4. The number of benzene rings is 1. The summed E-state index contributed by atoms with van der Waals surface area (Å²) in [5, 5.41) is 11.3. The van der Waals surface area contributed by atoms with Gasteiger partial charge in [0.05, 0.1) is 12.8 Å². The summed E-state index contributed by atoms with van der Waals surface area (Å²) in [6, 6.07) is 13.7. The van der Waals surface area contributed by atoms with Crippen LogP contribution in [0.15, 0.2) is 59.2 Å². The fourth-order valence-corrected chi connectivity index (χ4v) is 2.10. The molecule has 3 aromatic rings. The molecule has 0 saturated heterocycles. The second-order valence-corrected chi connectivity index (χ2v) is 5.28. The highest BCUT2D eigenvalue weighted by atomic mass is 35.5. The second kappa shape index (κ2) is 7.61. The molecular weight excluding hydrogens is 330 g/mol. The van der Waals surface area contributed by atoms with Crippen LogP contribution < -0.4 is 10.1 Å². The van der Waals surface area contributed by atoms with Gasteiger partial charge in [-0.2, -0.15) is 0 Å². The first kappa shape index (κ1) is 16.0. The Hall–Kier alpha value is -2.86. The minimum atomic E-state index is -0.186. The molecule has 6 nitrogen and oxygen atoms in total. The lowest BCUT2D eigenvalue weighted by molar-refractivity contribution is 0.0946. The molecule has 0 fully saturated rings. The highest BCUT2D eigenvalue weighted by molar-refractivity contribution is 6.30. The average molecular weight is 344 g/mol. The molecule has 0 atom stereocenters. The maximum absolute atomic E-state index is 11.9. The Balaban J connectivity index is 1.45. The molecule has 0 aliphatic rings. The lowest BCUT2D eigenvalue weighted by Crippen LogP contribution is -2.28. The minimum Gasteiger partial charge on any atom is -0.475 e. The predicted octanol–water partition coefficient (Wildman–Crippen LogP) is 3.20. The molecule has 2 heterocycles. The lowest BCUT2D eigenvalue weighted by atomic mass is 10.2. The highest BCUT2D eigenvalue weighted by Gasteiger charge is 2.06. The van der Waals surface area contributed by atoms with Gasteiger partial charge in [-0.15, -0.1) is 10.2 Å². The number of nitrogens with one attached hydrogen (secondary N) is 1. The van der Waals surface area contributed by atoms with Crippen LogP contribution >= 0.6 is 11.6 Å². The molecule has 0 aliphatic heterocycles. The van der Waals surface area contributed by atoms with Crippen LogP contribution in [0.5, 0.6) is 5.88 Å². The number of nitrogens with zero attached hydrogens (tertiary/aromatic N) is 2. The van der Waals surface area contributed by atoms with Gasteiger partial charge in [0.25, 0.3) is 5.91 Å². The van der Waals surface area contributed by atoms with Crippen molar-refractivity contribution < 1.29 is 13.9 Å². The quantitative estimate of drug-likeness (QED) is 0.695. The zero-order chi connectivity index (χ0) is 16.8. The normalized spacial score (nSPS) is 10.4. The van der Waals surface area contributed by atoms with Gasteiger partial charge in [-0.05, 0) is 42.5 Å². The lowest BCUT2D eigenvalue weighted by Gasteiger charge is -2.07. The fraction of sp³-hybridized carbons (Fsp3) is 0.118. The molecule has 24 heavy (non-hydrogen) atoms. The van der Waals surface area contributed by atoms with Crippen molar-refractivity contribution in [3.05, 3.63) is 65.4 Å². The van der Waals surface area contributed by atoms with Crippen molar-refractivity contribution in [3.63, 3.8) is 0 Å². The van der Waals surface area contributed by atoms with Crippen molar-refractivity contribution >= 4 is 17.5 Å². The molecule has 0 bridgehead atoms. The SMILES string of the molecule is O=C(NCCOc1ccc(-c2ccco2)nn1)c1ccc(Cl)cc1. The van der Waals surface area contributed by atoms with Crippen LogP contribution in [0.1, 0.15) is 10.4 Å². The number of hydrogen-bond acceptors (Lipinski definition) is 5. The summed E-state index contributed by atoms with van der Waals surface area (Å²) in [5.41, 5.74) is 1.17. The summed E-state index contributed by atoms with van der Waals surface area (Å²) in [6.07, 6.45) is 1.57. The van der Waals surface area contributed by atoms with E-state index in [2.05, 4.69) is 15.5 Å². The summed E-state index contributed by atoms with van der Waals surface area (Å²) in [7, 11) is 0. The smallest absolute Gasteiger partial charge is 0.251 e. The summed E-state index contributed by atoms with van der Waals surface area (Å²) >= 11 is 5.78. The van der Waals surface area contributed by atoms with Crippen LogP contribution in [0.4, 0.5) is 0 Å². The molecule has 0 aliphatic carbocycles. The average Bonchev–Trinajstić information content (AvgIpc) is 3.14. The summed E-state index contributed by atoms with van der Waals surface area (Å²) < 4.78 is 10.7. The van der Waals surface area contributed by atoms with Crippen molar-refractivity contribution in [2.75, 3.05) is 13.2 Å². The van der Waals surface area contributed by atoms with Crippen LogP contribution in [0.25, 0.3) is 11.5 Å². The molecule has 7 heteroatoms. The Morgan fingerprint density at radius 2 is 1.96 bits per heavy atom. The Morgan fingerprint density at radius 3 is 2.62 bits per heavy atom. The monoisotopic (exact) mass is 343 g/mol. The van der Waals surface area contributed by atoms with Gasteiger partial charge >= 0.3 is 0 Å². The van der Waals surface area contributed by atoms with E-state index >= 15 is 0 Å². The van der Waals surface area contributed by atoms with Gasteiger partial charge in [-0.1, -0.05) is 11.6 Å². The fourth-order valence-electron chi connectivity index (χ4n) is 1.98. The summed E-state index contributed by atoms with van der Waals surface area (Å²) in [5.74, 6) is 0.838. The Morgan fingerprint density at radius 1 is 1.12 bits per heavy atom. The molecule has 0 unspecified atom stereocenters. The third-order valence-corrected chi connectivity index (χ3v) is 3.41. The predicted molar refractivity (Wildman–Crippen MR) is 89.0 cm³/mol. The van der Waals surface area contributed by atoms with Crippen molar-refractivity contribution in [2.24, 2.45) is 0 Å². The number of aromatic nitrogens is 2. The summed E-state index contributed by atoms with van der Waals surface area (Å²) in [6.45, 7) is 0.636. The number of ether oxygens (including phenoxy) is 1. The Labute approximate surface area is 143 Å². The van der Waals surface area contributed by atoms with Gasteiger partial charge in [0.2, 0.25) is 5.88 Å². The molecule has 2 aromatic heterocycles.